The van der Waals surface area contributed by atoms with E-state index in [1.54, 1.807) is 32.1 Å². The third kappa shape index (κ3) is 10.7. The van der Waals surface area contributed by atoms with Crippen molar-refractivity contribution in [3.8, 4) is 0 Å². The van der Waals surface area contributed by atoms with E-state index in [1.165, 1.54) is 12.2 Å². The number of rotatable bonds is 7. The van der Waals surface area contributed by atoms with Crippen molar-refractivity contribution >= 4 is 33.4 Å². The number of allylic oxidation sites excluding steroid dienone is 2. The summed E-state index contributed by atoms with van der Waals surface area (Å²) in [4.78, 5) is 60.3. The van der Waals surface area contributed by atoms with Crippen molar-refractivity contribution < 1.29 is 41.9 Å². The van der Waals surface area contributed by atoms with E-state index in [2.05, 4.69) is 10.3 Å². The summed E-state index contributed by atoms with van der Waals surface area (Å²) in [6, 6.07) is -1.44. The van der Waals surface area contributed by atoms with Crippen molar-refractivity contribution in [2.24, 2.45) is 11.8 Å². The van der Waals surface area contributed by atoms with Gasteiger partial charge in [-0.05, 0) is 38.4 Å². The lowest BCUT2D eigenvalue weighted by Gasteiger charge is -2.31. The van der Waals surface area contributed by atoms with Gasteiger partial charge in [0.2, 0.25) is 11.8 Å². The van der Waals surface area contributed by atoms with Gasteiger partial charge < -0.3 is 29.4 Å². The van der Waals surface area contributed by atoms with Crippen LogP contribution in [0.3, 0.4) is 0 Å². The summed E-state index contributed by atoms with van der Waals surface area (Å²) in [5, 5.41) is 11.9. The molecule has 2 aliphatic rings. The molecule has 0 unspecified atom stereocenters. The minimum absolute atomic E-state index is 0.0243. The molecule has 5 atom stereocenters. The van der Waals surface area contributed by atoms with Crippen molar-refractivity contribution in [2.75, 3.05) is 38.5 Å². The fourth-order valence-corrected chi connectivity index (χ4v) is 7.92. The van der Waals surface area contributed by atoms with Crippen molar-refractivity contribution in [2.45, 2.75) is 84.3 Å². The Morgan fingerprint density at radius 2 is 1.85 bits per heavy atom. The van der Waals surface area contributed by atoms with Gasteiger partial charge in [-0.3, -0.25) is 14.4 Å². The molecule has 2 bridgehead atoms. The second-order valence-electron chi connectivity index (χ2n) is 12.7. The van der Waals surface area contributed by atoms with Gasteiger partial charge in [0.05, 0.1) is 23.5 Å². The molecule has 2 aliphatic heterocycles. The predicted octanol–water partition coefficient (Wildman–Crippen LogP) is 2.27. The molecule has 0 radical (unpaired) electrons. The molecule has 1 saturated heterocycles. The highest BCUT2D eigenvalue weighted by molar-refractivity contribution is 7.92. The molecule has 1 aromatic heterocycles. The second-order valence-corrected chi connectivity index (χ2v) is 15.0. The van der Waals surface area contributed by atoms with Crippen LogP contribution in [0.5, 0.6) is 0 Å². The maximum atomic E-state index is 14.0. The number of esters is 1. The molecule has 0 aliphatic carbocycles. The molecule has 14 heteroatoms. The number of oxazole rings is 1. The van der Waals surface area contributed by atoms with Crippen molar-refractivity contribution in [1.82, 2.24) is 20.1 Å². The van der Waals surface area contributed by atoms with Gasteiger partial charge >= 0.3 is 5.97 Å². The molecule has 0 aromatic carbocycles. The minimum Gasteiger partial charge on any atom is -0.460 e. The first-order valence-corrected chi connectivity index (χ1v) is 18.3. The fraction of sp³-hybridized carbons (Fsp3) is 0.618. The average Bonchev–Trinajstić information content (AvgIpc) is 3.68. The molecular formula is C34H50N4O9S. The third-order valence-corrected chi connectivity index (χ3v) is 10.8. The van der Waals surface area contributed by atoms with Gasteiger partial charge in [-0.1, -0.05) is 64.5 Å². The Morgan fingerprint density at radius 1 is 1.15 bits per heavy atom. The summed E-state index contributed by atoms with van der Waals surface area (Å²) in [7, 11) is -3.87. The number of fused-ring (bicyclic) bond motifs is 3. The number of hydrogen-bond acceptors (Lipinski definition) is 11. The summed E-state index contributed by atoms with van der Waals surface area (Å²) in [5.41, 5.74) is 0.505. The molecule has 0 saturated carbocycles. The standard InChI is InChI=1S/C34H50N4O9S/c1-7-37(8-2)16-17-48(44,45)28-13-15-38-31(28)34(43)47-32(22(3)4)24(6)11-12-29(41)35-14-9-10-23(5)18-25(39)19-26(40)20-30-36-27(21-46-30)33(38)42/h9-12,18,21-22,24-25,28,31-32,39H,7-8,13-17,19-20H2,1-6H3,(H,35,41)/b10-9-,12-11+,23-18+/t24-,25-,28-,31+,32-/m1/s1. The van der Waals surface area contributed by atoms with Crippen LogP contribution in [-0.2, 0) is 35.4 Å². The number of Topliss-reactive ketones (excluding diaryl/α,β-unsaturated/α-hetero) is 1. The number of aliphatic hydroxyl groups is 1. The molecule has 1 aromatic rings. The van der Waals surface area contributed by atoms with Crippen LogP contribution in [0.2, 0.25) is 0 Å². The van der Waals surface area contributed by atoms with E-state index in [0.29, 0.717) is 18.7 Å². The Hall–Kier alpha value is -3.62. The van der Waals surface area contributed by atoms with Crippen LogP contribution in [-0.4, -0.2) is 114 Å². The number of nitrogens with one attached hydrogen (secondary N) is 1. The number of amides is 2. The van der Waals surface area contributed by atoms with E-state index < -0.39 is 51.1 Å². The summed E-state index contributed by atoms with van der Waals surface area (Å²) in [6.45, 7) is 12.9. The van der Waals surface area contributed by atoms with Gasteiger partial charge in [0.15, 0.2) is 15.5 Å². The van der Waals surface area contributed by atoms with Crippen LogP contribution < -0.4 is 5.32 Å². The van der Waals surface area contributed by atoms with Crippen LogP contribution in [0.4, 0.5) is 0 Å². The highest BCUT2D eigenvalue weighted by atomic mass is 32.2. The highest BCUT2D eigenvalue weighted by Crippen LogP contribution is 2.30. The molecule has 13 nitrogen and oxygen atoms in total. The second kappa shape index (κ2) is 17.7. The first kappa shape index (κ1) is 38.8. The molecule has 2 amide bonds. The number of sulfone groups is 1. The Kier molecular flexibility index (Phi) is 14.3. The minimum atomic E-state index is -3.87. The van der Waals surface area contributed by atoms with E-state index in [4.69, 9.17) is 9.15 Å². The van der Waals surface area contributed by atoms with Crippen LogP contribution in [0, 0.1) is 11.8 Å². The Balaban J connectivity index is 2.00. The van der Waals surface area contributed by atoms with E-state index in [9.17, 15) is 32.7 Å². The summed E-state index contributed by atoms with van der Waals surface area (Å²) >= 11 is 0. The molecule has 266 valence electrons. The number of hydrogen-bond donors (Lipinski definition) is 2. The topological polar surface area (TPSA) is 176 Å². The SMILES string of the molecule is CCN(CC)CCS(=O)(=O)[C@@H]1CCN2C(=O)c3coc(n3)CC(=O)C[C@H](O)/C=C(C)/C=C\CNC(=O)/C=C/[C@@H](C)[C@@H](C(C)C)OC(=O)[C@H]12. The van der Waals surface area contributed by atoms with E-state index in [0.717, 1.165) is 11.2 Å². The monoisotopic (exact) mass is 690 g/mol. The zero-order valence-corrected chi connectivity index (χ0v) is 29.6. The van der Waals surface area contributed by atoms with Crippen molar-refractivity contribution in [1.29, 1.82) is 0 Å². The van der Waals surface area contributed by atoms with Crippen LogP contribution >= 0.6 is 0 Å². The largest absolute Gasteiger partial charge is 0.460 e. The normalized spacial score (nSPS) is 28.1. The Labute approximate surface area is 283 Å². The maximum Gasteiger partial charge on any atom is 0.330 e. The summed E-state index contributed by atoms with van der Waals surface area (Å²) in [6.07, 6.45) is 6.68. The lowest BCUT2D eigenvalue weighted by Crippen LogP contribution is -2.50. The number of cyclic esters (lactones) is 1. The maximum absolute atomic E-state index is 14.0. The zero-order valence-electron chi connectivity index (χ0n) is 28.8. The van der Waals surface area contributed by atoms with Gasteiger partial charge in [0.25, 0.3) is 5.91 Å². The number of ketones is 1. The lowest BCUT2D eigenvalue weighted by atomic mass is 9.94. The van der Waals surface area contributed by atoms with Crippen LogP contribution in [0.25, 0.3) is 0 Å². The Bertz CT molecular complexity index is 1490. The predicted molar refractivity (Wildman–Crippen MR) is 180 cm³/mol. The van der Waals surface area contributed by atoms with E-state index >= 15 is 0 Å². The third-order valence-electron chi connectivity index (χ3n) is 8.66. The lowest BCUT2D eigenvalue weighted by molar-refractivity contribution is -0.157. The van der Waals surface area contributed by atoms with Crippen LogP contribution in [0.15, 0.2) is 46.6 Å². The molecule has 2 N–H and O–H groups in total. The first-order valence-electron chi connectivity index (χ1n) is 16.6. The van der Waals surface area contributed by atoms with Gasteiger partial charge in [-0.25, -0.2) is 18.2 Å². The van der Waals surface area contributed by atoms with E-state index in [1.807, 2.05) is 32.6 Å². The summed E-state index contributed by atoms with van der Waals surface area (Å²) in [5.74, 6) is -3.23. The molecule has 0 spiro atoms. The number of ether oxygens (including phenoxy) is 1. The number of nitrogens with zero attached hydrogens (tertiary/aromatic N) is 3. The Morgan fingerprint density at radius 3 is 2.52 bits per heavy atom. The van der Waals surface area contributed by atoms with Crippen LogP contribution in [0.1, 0.15) is 70.8 Å². The number of aromatic nitrogens is 1. The van der Waals surface area contributed by atoms with E-state index in [-0.39, 0.29) is 73.8 Å². The fourth-order valence-electron chi connectivity index (χ4n) is 5.99. The molecular weight excluding hydrogens is 640 g/mol. The molecule has 3 heterocycles. The zero-order chi connectivity index (χ0) is 35.6. The van der Waals surface area contributed by atoms with Crippen molar-refractivity contribution in [3.05, 3.63) is 53.8 Å². The number of aliphatic hydroxyl groups excluding tert-OH is 1. The molecule has 3 rings (SSSR count). The van der Waals surface area contributed by atoms with Gasteiger partial charge in [-0.15, -0.1) is 0 Å². The van der Waals surface area contributed by atoms with Gasteiger partial charge in [-0.2, -0.15) is 0 Å². The van der Waals surface area contributed by atoms with Gasteiger partial charge in [0, 0.05) is 32.0 Å². The average molecular weight is 691 g/mol. The molecule has 1 fully saturated rings. The van der Waals surface area contributed by atoms with Crippen molar-refractivity contribution in [3.63, 3.8) is 0 Å². The molecule has 48 heavy (non-hydrogen) atoms. The van der Waals surface area contributed by atoms with Gasteiger partial charge in [0.1, 0.15) is 24.2 Å². The summed E-state index contributed by atoms with van der Waals surface area (Å²) < 4.78 is 38.9. The quantitative estimate of drug-likeness (QED) is 0.402. The first-order chi connectivity index (χ1) is 22.7. The number of carbonyl (C=O) groups excluding carboxylic acids is 4. The number of carbonyl (C=O) groups is 4. The smallest absolute Gasteiger partial charge is 0.330 e. The highest BCUT2D eigenvalue weighted by Gasteiger charge is 2.50.